The van der Waals surface area contributed by atoms with E-state index in [0.29, 0.717) is 6.42 Å². The van der Waals surface area contributed by atoms with Gasteiger partial charge in [-0.3, -0.25) is 0 Å². The van der Waals surface area contributed by atoms with Crippen molar-refractivity contribution >= 4 is 16.1 Å². The number of amides is 1. The third-order valence-corrected chi connectivity index (χ3v) is 3.50. The fourth-order valence-corrected chi connectivity index (χ4v) is 2.54. The highest BCUT2D eigenvalue weighted by Crippen LogP contribution is 2.17. The van der Waals surface area contributed by atoms with Gasteiger partial charge < -0.3 is 4.74 Å². The van der Waals surface area contributed by atoms with Gasteiger partial charge in [-0.05, 0) is 27.2 Å². The molecule has 1 fully saturated rings. The van der Waals surface area contributed by atoms with Crippen LogP contribution in [0.2, 0.25) is 0 Å². The molecule has 0 saturated carbocycles. The van der Waals surface area contributed by atoms with Crippen molar-refractivity contribution in [2.24, 2.45) is 0 Å². The molecule has 1 aliphatic rings. The average Bonchev–Trinajstić information content (AvgIpc) is 2.25. The largest absolute Gasteiger partial charge is 0.443 e. The van der Waals surface area contributed by atoms with Crippen molar-refractivity contribution in [1.29, 1.82) is 0 Å². The van der Waals surface area contributed by atoms with E-state index in [4.69, 9.17) is 4.74 Å². The Labute approximate surface area is 84.1 Å². The van der Waals surface area contributed by atoms with Crippen molar-refractivity contribution in [1.82, 2.24) is 4.31 Å². The number of carbonyl (C=O) groups is 1. The second-order valence-electron chi connectivity index (χ2n) is 4.22. The average molecular weight is 221 g/mol. The fourth-order valence-electron chi connectivity index (χ4n) is 1.16. The smallest absolute Gasteiger partial charge is 0.424 e. The Bertz CT molecular complexity index is 328. The first-order chi connectivity index (χ1) is 6.22. The van der Waals surface area contributed by atoms with Crippen LogP contribution in [0.5, 0.6) is 0 Å². The highest BCUT2D eigenvalue weighted by Gasteiger charge is 2.35. The molecular weight excluding hydrogens is 206 g/mol. The molecule has 1 rings (SSSR count). The summed E-state index contributed by atoms with van der Waals surface area (Å²) in [6.45, 7) is 5.34. The molecule has 0 bridgehead atoms. The van der Waals surface area contributed by atoms with Gasteiger partial charge in [-0.15, -0.1) is 0 Å². The molecule has 1 heterocycles. The van der Waals surface area contributed by atoms with Gasteiger partial charge in [0.15, 0.2) is 0 Å². The summed E-state index contributed by atoms with van der Waals surface area (Å²) in [4.78, 5) is 11.4. The number of hydrogen-bond donors (Lipinski definition) is 0. The predicted molar refractivity (Wildman–Crippen MR) is 51.3 cm³/mol. The topological polar surface area (TPSA) is 63.7 Å². The lowest BCUT2D eigenvalue weighted by Gasteiger charge is -2.23. The molecular formula is C8H15NO4S. The van der Waals surface area contributed by atoms with E-state index in [1.54, 1.807) is 20.8 Å². The van der Waals surface area contributed by atoms with Gasteiger partial charge in [-0.2, -0.15) is 0 Å². The number of carbonyl (C=O) groups excluding carboxylic acids is 1. The molecule has 0 aromatic carbocycles. The summed E-state index contributed by atoms with van der Waals surface area (Å²) in [6.07, 6.45) is -0.281. The van der Waals surface area contributed by atoms with Crippen LogP contribution >= 0.6 is 0 Å². The summed E-state index contributed by atoms with van der Waals surface area (Å²) >= 11 is 0. The van der Waals surface area contributed by atoms with Crippen LogP contribution in [0, 0.1) is 0 Å². The van der Waals surface area contributed by atoms with Crippen LogP contribution in [-0.2, 0) is 14.8 Å². The molecule has 1 aliphatic heterocycles. The predicted octanol–water partition coefficient (Wildman–Crippen LogP) is 0.957. The zero-order valence-electron chi connectivity index (χ0n) is 8.61. The number of nitrogens with zero attached hydrogens (tertiary/aromatic N) is 1. The van der Waals surface area contributed by atoms with E-state index in [-0.39, 0.29) is 12.3 Å². The van der Waals surface area contributed by atoms with E-state index in [1.165, 1.54) is 0 Å². The first kappa shape index (κ1) is 11.3. The molecule has 0 spiro atoms. The summed E-state index contributed by atoms with van der Waals surface area (Å²) in [7, 11) is -3.40. The van der Waals surface area contributed by atoms with Crippen LogP contribution in [-0.4, -0.2) is 36.7 Å². The molecule has 0 N–H and O–H groups in total. The fraction of sp³-hybridized carbons (Fsp3) is 0.875. The van der Waals surface area contributed by atoms with Crippen molar-refractivity contribution in [2.75, 3.05) is 12.3 Å². The van der Waals surface area contributed by atoms with E-state index < -0.39 is 21.7 Å². The second kappa shape index (κ2) is 3.42. The molecule has 0 aromatic heterocycles. The van der Waals surface area contributed by atoms with Crippen LogP contribution in [0.25, 0.3) is 0 Å². The Hall–Kier alpha value is -0.780. The number of hydrogen-bond acceptors (Lipinski definition) is 4. The maximum Gasteiger partial charge on any atom is 0.424 e. The Balaban J connectivity index is 2.72. The minimum absolute atomic E-state index is 0.0340. The lowest BCUT2D eigenvalue weighted by Crippen LogP contribution is -2.37. The highest BCUT2D eigenvalue weighted by atomic mass is 32.2. The zero-order chi connectivity index (χ0) is 11.0. The zero-order valence-corrected chi connectivity index (χ0v) is 9.43. The molecule has 6 heteroatoms. The quantitative estimate of drug-likeness (QED) is 0.611. The van der Waals surface area contributed by atoms with Crippen molar-refractivity contribution in [3.63, 3.8) is 0 Å². The van der Waals surface area contributed by atoms with Gasteiger partial charge in [0, 0.05) is 6.54 Å². The summed E-state index contributed by atoms with van der Waals surface area (Å²) in [5.74, 6) is 0.0340. The standard InChI is InChI=1S/C8H15NO4S/c1-8(2,3)13-7(10)9-5-4-6-14(9,11)12/h4-6H2,1-3H3. The number of rotatable bonds is 0. The molecule has 82 valence electrons. The van der Waals surface area contributed by atoms with Crippen LogP contribution in [0.3, 0.4) is 0 Å². The van der Waals surface area contributed by atoms with E-state index in [9.17, 15) is 13.2 Å². The lowest BCUT2D eigenvalue weighted by atomic mass is 10.2. The Morgan fingerprint density at radius 1 is 1.36 bits per heavy atom. The van der Waals surface area contributed by atoms with Gasteiger partial charge >= 0.3 is 6.09 Å². The summed E-state index contributed by atoms with van der Waals surface area (Å²) in [5.41, 5.74) is -0.658. The second-order valence-corrected chi connectivity index (χ2v) is 6.23. The van der Waals surface area contributed by atoms with Crippen LogP contribution in [0.15, 0.2) is 0 Å². The molecule has 1 saturated heterocycles. The molecule has 14 heavy (non-hydrogen) atoms. The first-order valence-corrected chi connectivity index (χ1v) is 6.07. The Morgan fingerprint density at radius 3 is 2.29 bits per heavy atom. The van der Waals surface area contributed by atoms with Crippen molar-refractivity contribution < 1.29 is 17.9 Å². The van der Waals surface area contributed by atoms with E-state index in [2.05, 4.69) is 0 Å². The van der Waals surface area contributed by atoms with Crippen LogP contribution in [0.4, 0.5) is 4.79 Å². The molecule has 5 nitrogen and oxygen atoms in total. The summed E-state index contributed by atoms with van der Waals surface area (Å²) < 4.78 is 28.4. The van der Waals surface area contributed by atoms with Gasteiger partial charge in [-0.25, -0.2) is 17.5 Å². The van der Waals surface area contributed by atoms with Crippen molar-refractivity contribution in [3.8, 4) is 0 Å². The minimum Gasteiger partial charge on any atom is -0.443 e. The maximum absolute atomic E-state index is 11.4. The molecule has 0 atom stereocenters. The normalized spacial score (nSPS) is 20.9. The van der Waals surface area contributed by atoms with Gasteiger partial charge in [0.25, 0.3) is 0 Å². The van der Waals surface area contributed by atoms with Crippen LogP contribution in [0.1, 0.15) is 27.2 Å². The Kier molecular flexibility index (Phi) is 2.76. The molecule has 0 aromatic rings. The first-order valence-electron chi connectivity index (χ1n) is 4.46. The van der Waals surface area contributed by atoms with Gasteiger partial charge in [0.05, 0.1) is 5.75 Å². The SMILES string of the molecule is CC(C)(C)OC(=O)N1CCCS1(=O)=O. The van der Waals surface area contributed by atoms with E-state index >= 15 is 0 Å². The van der Waals surface area contributed by atoms with Gasteiger partial charge in [0.1, 0.15) is 5.60 Å². The molecule has 0 unspecified atom stereocenters. The highest BCUT2D eigenvalue weighted by molar-refractivity contribution is 7.89. The van der Waals surface area contributed by atoms with E-state index in [0.717, 1.165) is 4.31 Å². The van der Waals surface area contributed by atoms with Gasteiger partial charge in [0.2, 0.25) is 10.0 Å². The van der Waals surface area contributed by atoms with Crippen molar-refractivity contribution in [2.45, 2.75) is 32.8 Å². The Morgan fingerprint density at radius 2 is 1.93 bits per heavy atom. The summed E-state index contributed by atoms with van der Waals surface area (Å²) in [6, 6.07) is 0. The maximum atomic E-state index is 11.4. The summed E-state index contributed by atoms with van der Waals surface area (Å²) in [5, 5.41) is 0. The monoisotopic (exact) mass is 221 g/mol. The minimum atomic E-state index is -3.40. The van der Waals surface area contributed by atoms with Crippen molar-refractivity contribution in [3.05, 3.63) is 0 Å². The third-order valence-electron chi connectivity index (χ3n) is 1.70. The number of sulfonamides is 1. The van der Waals surface area contributed by atoms with Gasteiger partial charge in [-0.1, -0.05) is 0 Å². The van der Waals surface area contributed by atoms with Crippen LogP contribution < -0.4 is 0 Å². The molecule has 1 amide bonds. The number of ether oxygens (including phenoxy) is 1. The lowest BCUT2D eigenvalue weighted by molar-refractivity contribution is 0.0402. The third kappa shape index (κ3) is 2.60. The van der Waals surface area contributed by atoms with E-state index in [1.807, 2.05) is 0 Å². The molecule has 0 radical (unpaired) electrons. The molecule has 0 aliphatic carbocycles.